The minimum atomic E-state index is 0.639. The fraction of sp³-hybridized carbons (Fsp3) is 0.421. The van der Waals surface area contributed by atoms with Crippen molar-refractivity contribution in [3.05, 3.63) is 42.0 Å². The van der Waals surface area contributed by atoms with Gasteiger partial charge in [0, 0.05) is 5.39 Å². The van der Waals surface area contributed by atoms with Crippen LogP contribution < -0.4 is 4.74 Å². The Kier molecular flexibility index (Phi) is 6.26. The molecule has 0 aromatic heterocycles. The lowest BCUT2D eigenvalue weighted by atomic mass is 10.1. The molecule has 0 bridgehead atoms. The Morgan fingerprint density at radius 2 is 1.71 bits per heavy atom. The van der Waals surface area contributed by atoms with Crippen LogP contribution in [0.15, 0.2) is 36.4 Å². The van der Waals surface area contributed by atoms with E-state index in [1.165, 1.54) is 32.1 Å². The van der Waals surface area contributed by atoms with Gasteiger partial charge in [-0.15, -0.1) is 0 Å². The van der Waals surface area contributed by atoms with Crippen molar-refractivity contribution in [1.29, 1.82) is 0 Å². The Hall–Kier alpha value is -1.83. The summed E-state index contributed by atoms with van der Waals surface area (Å²) in [5.74, 6) is 0.733. The van der Waals surface area contributed by atoms with E-state index in [4.69, 9.17) is 4.74 Å². The molecule has 0 radical (unpaired) electrons. The maximum atomic E-state index is 11.2. The maximum Gasteiger partial charge on any atom is 0.153 e. The number of carbonyl (C=O) groups excluding carboxylic acids is 1. The second-order valence-corrected chi connectivity index (χ2v) is 5.44. The number of hydrogen-bond acceptors (Lipinski definition) is 2. The van der Waals surface area contributed by atoms with Gasteiger partial charge in [0.1, 0.15) is 5.75 Å². The van der Waals surface area contributed by atoms with E-state index in [0.29, 0.717) is 12.2 Å². The van der Waals surface area contributed by atoms with Crippen molar-refractivity contribution in [2.24, 2.45) is 0 Å². The Morgan fingerprint density at radius 3 is 2.52 bits per heavy atom. The van der Waals surface area contributed by atoms with E-state index in [2.05, 4.69) is 6.92 Å². The number of benzene rings is 2. The molecular weight excluding hydrogens is 260 g/mol. The average molecular weight is 284 g/mol. The van der Waals surface area contributed by atoms with Gasteiger partial charge < -0.3 is 4.74 Å². The molecular formula is C19H24O2. The van der Waals surface area contributed by atoms with E-state index in [9.17, 15) is 4.79 Å². The van der Waals surface area contributed by atoms with E-state index >= 15 is 0 Å². The summed E-state index contributed by atoms with van der Waals surface area (Å²) in [7, 11) is 0. The zero-order chi connectivity index (χ0) is 14.9. The lowest BCUT2D eigenvalue weighted by Crippen LogP contribution is -2.01. The summed E-state index contributed by atoms with van der Waals surface area (Å²) in [5.41, 5.74) is 0.639. The topological polar surface area (TPSA) is 26.3 Å². The standard InChI is InChI=1S/C19H24O2/c1-2-3-4-5-6-9-14-21-19-17(15-20)13-12-16-10-7-8-11-18(16)19/h7-8,10-13,15H,2-6,9,14H2,1H3. The van der Waals surface area contributed by atoms with Crippen molar-refractivity contribution in [2.75, 3.05) is 6.61 Å². The summed E-state index contributed by atoms with van der Waals surface area (Å²) in [5, 5.41) is 2.13. The zero-order valence-corrected chi connectivity index (χ0v) is 12.8. The fourth-order valence-corrected chi connectivity index (χ4v) is 2.57. The lowest BCUT2D eigenvalue weighted by molar-refractivity contribution is 0.111. The predicted molar refractivity (Wildman–Crippen MR) is 88.2 cm³/mol. The van der Waals surface area contributed by atoms with Crippen LogP contribution >= 0.6 is 0 Å². The Bertz CT molecular complexity index is 575. The number of rotatable bonds is 9. The van der Waals surface area contributed by atoms with Crippen molar-refractivity contribution in [3.63, 3.8) is 0 Å². The third-order valence-corrected chi connectivity index (χ3v) is 3.78. The molecule has 0 fully saturated rings. The normalized spacial score (nSPS) is 10.7. The lowest BCUT2D eigenvalue weighted by Gasteiger charge is -2.11. The second-order valence-electron chi connectivity index (χ2n) is 5.44. The molecule has 2 heteroatoms. The third-order valence-electron chi connectivity index (χ3n) is 3.78. The van der Waals surface area contributed by atoms with Crippen LogP contribution in [0.5, 0.6) is 5.75 Å². The highest BCUT2D eigenvalue weighted by Gasteiger charge is 2.08. The number of unbranched alkanes of at least 4 members (excludes halogenated alkanes) is 5. The highest BCUT2D eigenvalue weighted by molar-refractivity contribution is 5.96. The van der Waals surface area contributed by atoms with Gasteiger partial charge in [0.2, 0.25) is 0 Å². The molecule has 0 aliphatic heterocycles. The third kappa shape index (κ3) is 4.32. The minimum Gasteiger partial charge on any atom is -0.492 e. The monoisotopic (exact) mass is 284 g/mol. The molecule has 2 nitrogen and oxygen atoms in total. The van der Waals surface area contributed by atoms with Gasteiger partial charge in [0.05, 0.1) is 12.2 Å². The smallest absolute Gasteiger partial charge is 0.153 e. The van der Waals surface area contributed by atoms with E-state index in [1.54, 1.807) is 0 Å². The molecule has 112 valence electrons. The van der Waals surface area contributed by atoms with Crippen molar-refractivity contribution in [3.8, 4) is 5.75 Å². The molecule has 0 aliphatic carbocycles. The highest BCUT2D eigenvalue weighted by atomic mass is 16.5. The van der Waals surface area contributed by atoms with Crippen molar-refractivity contribution in [1.82, 2.24) is 0 Å². The van der Waals surface area contributed by atoms with E-state index < -0.39 is 0 Å². The van der Waals surface area contributed by atoms with Gasteiger partial charge in [0.15, 0.2) is 6.29 Å². The quantitative estimate of drug-likeness (QED) is 0.455. The maximum absolute atomic E-state index is 11.2. The van der Waals surface area contributed by atoms with Gasteiger partial charge in [-0.25, -0.2) is 0 Å². The Morgan fingerprint density at radius 1 is 0.952 bits per heavy atom. The van der Waals surface area contributed by atoms with Crippen molar-refractivity contribution >= 4 is 17.1 Å². The number of carbonyl (C=O) groups is 1. The van der Waals surface area contributed by atoms with Gasteiger partial charge in [-0.2, -0.15) is 0 Å². The van der Waals surface area contributed by atoms with Gasteiger partial charge >= 0.3 is 0 Å². The van der Waals surface area contributed by atoms with Crippen LogP contribution in [0.4, 0.5) is 0 Å². The first-order valence-corrected chi connectivity index (χ1v) is 7.96. The van der Waals surface area contributed by atoms with Crippen LogP contribution in [0.2, 0.25) is 0 Å². The fourth-order valence-electron chi connectivity index (χ4n) is 2.57. The molecule has 2 rings (SSSR count). The molecule has 0 amide bonds. The van der Waals surface area contributed by atoms with E-state index in [-0.39, 0.29) is 0 Å². The summed E-state index contributed by atoms with van der Waals surface area (Å²) < 4.78 is 5.92. The molecule has 0 heterocycles. The summed E-state index contributed by atoms with van der Waals surface area (Å²) in [6.45, 7) is 2.91. The van der Waals surface area contributed by atoms with Crippen LogP contribution in [0, 0.1) is 0 Å². The molecule has 2 aromatic rings. The first kappa shape index (κ1) is 15.6. The van der Waals surface area contributed by atoms with Crippen LogP contribution in [0.3, 0.4) is 0 Å². The summed E-state index contributed by atoms with van der Waals surface area (Å²) >= 11 is 0. The molecule has 0 spiro atoms. The van der Waals surface area contributed by atoms with Crippen molar-refractivity contribution in [2.45, 2.75) is 45.4 Å². The number of ether oxygens (including phenoxy) is 1. The van der Waals surface area contributed by atoms with Gasteiger partial charge in [-0.05, 0) is 17.9 Å². The predicted octanol–water partition coefficient (Wildman–Crippen LogP) is 5.39. The van der Waals surface area contributed by atoms with Crippen LogP contribution in [-0.2, 0) is 0 Å². The first-order valence-electron chi connectivity index (χ1n) is 7.96. The molecule has 21 heavy (non-hydrogen) atoms. The molecule has 0 saturated carbocycles. The molecule has 0 saturated heterocycles. The summed E-state index contributed by atoms with van der Waals surface area (Å²) in [6, 6.07) is 11.8. The summed E-state index contributed by atoms with van der Waals surface area (Å²) in [6.07, 6.45) is 8.29. The number of fused-ring (bicyclic) bond motifs is 1. The average Bonchev–Trinajstić information content (AvgIpc) is 2.54. The number of aldehydes is 1. The van der Waals surface area contributed by atoms with Crippen LogP contribution in [-0.4, -0.2) is 12.9 Å². The molecule has 0 aliphatic rings. The zero-order valence-electron chi connectivity index (χ0n) is 12.8. The van der Waals surface area contributed by atoms with Gasteiger partial charge in [-0.1, -0.05) is 69.4 Å². The number of hydrogen-bond donors (Lipinski definition) is 0. The van der Waals surface area contributed by atoms with Gasteiger partial charge in [-0.3, -0.25) is 4.79 Å². The second kappa shape index (κ2) is 8.46. The SMILES string of the molecule is CCCCCCCCOc1c(C=O)ccc2ccccc12. The van der Waals surface area contributed by atoms with Crippen LogP contribution in [0.1, 0.15) is 55.8 Å². The molecule has 0 N–H and O–H groups in total. The first-order chi connectivity index (χ1) is 10.4. The van der Waals surface area contributed by atoms with Crippen molar-refractivity contribution < 1.29 is 9.53 Å². The molecule has 0 unspecified atom stereocenters. The van der Waals surface area contributed by atoms with Crippen LogP contribution in [0.25, 0.3) is 10.8 Å². The Labute approximate surface area is 127 Å². The molecule has 2 aromatic carbocycles. The molecule has 0 atom stereocenters. The van der Waals surface area contributed by atoms with Gasteiger partial charge in [0.25, 0.3) is 0 Å². The Balaban J connectivity index is 1.95. The largest absolute Gasteiger partial charge is 0.492 e. The van der Waals surface area contributed by atoms with E-state index in [0.717, 1.165) is 29.2 Å². The van der Waals surface area contributed by atoms with E-state index in [1.807, 2.05) is 36.4 Å². The minimum absolute atomic E-state index is 0.639. The highest BCUT2D eigenvalue weighted by Crippen LogP contribution is 2.29. The summed E-state index contributed by atoms with van der Waals surface area (Å²) in [4.78, 5) is 11.2.